The van der Waals surface area contributed by atoms with Crippen LogP contribution in [-0.4, -0.2) is 30.0 Å². The fraction of sp³-hybridized carbons (Fsp3) is 0.562. The number of amides is 1. The lowest BCUT2D eigenvalue weighted by Gasteiger charge is -2.33. The Balaban J connectivity index is 2.31. The third-order valence-corrected chi connectivity index (χ3v) is 4.60. The number of carbonyl (C=O) groups is 1. The zero-order chi connectivity index (χ0) is 14.7. The highest BCUT2D eigenvalue weighted by molar-refractivity contribution is 9.10. The van der Waals surface area contributed by atoms with E-state index in [1.54, 1.807) is 7.11 Å². The summed E-state index contributed by atoms with van der Waals surface area (Å²) in [5.41, 5.74) is 0.685. The van der Waals surface area contributed by atoms with E-state index in [-0.39, 0.29) is 11.9 Å². The summed E-state index contributed by atoms with van der Waals surface area (Å²) in [5, 5.41) is 0. The van der Waals surface area contributed by atoms with Crippen molar-refractivity contribution < 1.29 is 9.53 Å². The fourth-order valence-electron chi connectivity index (χ4n) is 2.94. The highest BCUT2D eigenvalue weighted by Gasteiger charge is 2.30. The van der Waals surface area contributed by atoms with Crippen molar-refractivity contribution in [2.45, 2.75) is 51.6 Å². The molecule has 0 aromatic heterocycles. The summed E-state index contributed by atoms with van der Waals surface area (Å²) in [4.78, 5) is 14.9. The van der Waals surface area contributed by atoms with E-state index in [0.29, 0.717) is 17.4 Å². The average molecular weight is 340 g/mol. The van der Waals surface area contributed by atoms with Crippen LogP contribution in [0.2, 0.25) is 0 Å². The minimum atomic E-state index is 0.0951. The van der Waals surface area contributed by atoms with Gasteiger partial charge in [-0.1, -0.05) is 12.8 Å². The maximum Gasteiger partial charge on any atom is 0.255 e. The summed E-state index contributed by atoms with van der Waals surface area (Å²) >= 11 is 3.48. The van der Waals surface area contributed by atoms with Crippen molar-refractivity contribution in [2.24, 2.45) is 0 Å². The van der Waals surface area contributed by atoms with Crippen LogP contribution in [0.3, 0.4) is 0 Å². The fourth-order valence-corrected chi connectivity index (χ4v) is 3.35. The Kier molecular flexibility index (Phi) is 5.08. The number of carbonyl (C=O) groups excluding carboxylic acids is 1. The first-order valence-corrected chi connectivity index (χ1v) is 8.00. The molecule has 0 aliphatic heterocycles. The van der Waals surface area contributed by atoms with Crippen molar-refractivity contribution in [3.63, 3.8) is 0 Å². The van der Waals surface area contributed by atoms with Crippen LogP contribution in [0.15, 0.2) is 22.7 Å². The Bertz CT molecular complexity index is 481. The van der Waals surface area contributed by atoms with Gasteiger partial charge in [-0.25, -0.2) is 0 Å². The smallest absolute Gasteiger partial charge is 0.255 e. The second kappa shape index (κ2) is 6.61. The number of halogens is 1. The van der Waals surface area contributed by atoms with Crippen LogP contribution in [0, 0.1) is 0 Å². The van der Waals surface area contributed by atoms with E-state index < -0.39 is 0 Å². The van der Waals surface area contributed by atoms with Crippen molar-refractivity contribution in [2.75, 3.05) is 7.11 Å². The van der Waals surface area contributed by atoms with Gasteiger partial charge in [0.05, 0.1) is 12.7 Å². The Morgan fingerprint density at radius 1 is 1.35 bits per heavy atom. The Morgan fingerprint density at radius 3 is 2.55 bits per heavy atom. The molecule has 0 heterocycles. The molecule has 1 saturated carbocycles. The monoisotopic (exact) mass is 339 g/mol. The lowest BCUT2D eigenvalue weighted by atomic mass is 10.1. The van der Waals surface area contributed by atoms with Gasteiger partial charge in [-0.2, -0.15) is 0 Å². The molecule has 1 aromatic rings. The maximum atomic E-state index is 12.9. The van der Waals surface area contributed by atoms with Gasteiger partial charge in [0, 0.05) is 16.6 Å². The molecular formula is C16H22BrNO2. The van der Waals surface area contributed by atoms with Gasteiger partial charge in [-0.3, -0.25) is 4.79 Å². The van der Waals surface area contributed by atoms with Crippen molar-refractivity contribution in [1.29, 1.82) is 0 Å². The lowest BCUT2D eigenvalue weighted by molar-refractivity contribution is 0.0612. The van der Waals surface area contributed by atoms with Crippen LogP contribution in [0.5, 0.6) is 5.75 Å². The number of hydrogen-bond acceptors (Lipinski definition) is 2. The summed E-state index contributed by atoms with van der Waals surface area (Å²) in [7, 11) is 1.62. The summed E-state index contributed by atoms with van der Waals surface area (Å²) in [6, 6.07) is 6.14. The molecule has 0 bridgehead atoms. The van der Waals surface area contributed by atoms with E-state index in [1.807, 2.05) is 23.1 Å². The molecule has 1 aliphatic rings. The average Bonchev–Trinajstić information content (AvgIpc) is 2.92. The largest absolute Gasteiger partial charge is 0.497 e. The number of ether oxygens (including phenoxy) is 1. The molecular weight excluding hydrogens is 318 g/mol. The molecule has 1 aromatic carbocycles. The lowest BCUT2D eigenvalue weighted by Crippen LogP contribution is -2.43. The maximum absolute atomic E-state index is 12.9. The van der Waals surface area contributed by atoms with E-state index in [0.717, 1.165) is 17.3 Å². The molecule has 2 rings (SSSR count). The Labute approximate surface area is 129 Å². The molecule has 0 radical (unpaired) electrons. The Morgan fingerprint density at radius 2 is 2.00 bits per heavy atom. The molecule has 4 heteroatoms. The summed E-state index contributed by atoms with van der Waals surface area (Å²) < 4.78 is 6.06. The first-order chi connectivity index (χ1) is 9.54. The zero-order valence-electron chi connectivity index (χ0n) is 12.4. The van der Waals surface area contributed by atoms with Crippen molar-refractivity contribution in [3.8, 4) is 5.75 Å². The summed E-state index contributed by atoms with van der Waals surface area (Å²) in [6.07, 6.45) is 4.68. The molecule has 1 fully saturated rings. The second-order valence-corrected chi connectivity index (χ2v) is 6.44. The molecule has 20 heavy (non-hydrogen) atoms. The van der Waals surface area contributed by atoms with Crippen molar-refractivity contribution in [3.05, 3.63) is 28.2 Å². The van der Waals surface area contributed by atoms with E-state index >= 15 is 0 Å². The predicted octanol–water partition coefficient (Wildman–Crippen LogP) is 4.25. The second-order valence-electron chi connectivity index (χ2n) is 5.59. The van der Waals surface area contributed by atoms with Crippen LogP contribution in [0.4, 0.5) is 0 Å². The van der Waals surface area contributed by atoms with Crippen LogP contribution >= 0.6 is 15.9 Å². The number of hydrogen-bond donors (Lipinski definition) is 0. The van der Waals surface area contributed by atoms with Gasteiger partial charge in [-0.15, -0.1) is 0 Å². The first-order valence-electron chi connectivity index (χ1n) is 7.20. The topological polar surface area (TPSA) is 29.5 Å². The SMILES string of the molecule is COc1ccc(Br)c(C(=O)N(C(C)C)C2CCCC2)c1. The molecule has 1 aliphatic carbocycles. The van der Waals surface area contributed by atoms with Gasteiger partial charge >= 0.3 is 0 Å². The first kappa shape index (κ1) is 15.4. The molecule has 0 unspecified atom stereocenters. The van der Waals surface area contributed by atoms with Gasteiger partial charge in [0.15, 0.2) is 0 Å². The zero-order valence-corrected chi connectivity index (χ0v) is 13.9. The normalized spacial score (nSPS) is 15.7. The third-order valence-electron chi connectivity index (χ3n) is 3.91. The van der Waals surface area contributed by atoms with E-state index in [4.69, 9.17) is 4.74 Å². The van der Waals surface area contributed by atoms with E-state index in [2.05, 4.69) is 29.8 Å². The predicted molar refractivity (Wildman–Crippen MR) is 84.3 cm³/mol. The molecule has 0 atom stereocenters. The minimum absolute atomic E-state index is 0.0951. The van der Waals surface area contributed by atoms with Gasteiger partial charge < -0.3 is 9.64 Å². The van der Waals surface area contributed by atoms with Crippen LogP contribution in [0.1, 0.15) is 49.9 Å². The summed E-state index contributed by atoms with van der Waals surface area (Å²) in [5.74, 6) is 0.810. The van der Waals surface area contributed by atoms with Crippen LogP contribution in [-0.2, 0) is 0 Å². The molecule has 110 valence electrons. The van der Waals surface area contributed by atoms with Crippen molar-refractivity contribution in [1.82, 2.24) is 4.90 Å². The highest BCUT2D eigenvalue weighted by Crippen LogP contribution is 2.30. The summed E-state index contributed by atoms with van der Waals surface area (Å²) in [6.45, 7) is 4.18. The number of benzene rings is 1. The number of rotatable bonds is 4. The minimum Gasteiger partial charge on any atom is -0.497 e. The van der Waals surface area contributed by atoms with Gasteiger partial charge in [0.2, 0.25) is 0 Å². The van der Waals surface area contributed by atoms with Crippen LogP contribution in [0.25, 0.3) is 0 Å². The quantitative estimate of drug-likeness (QED) is 0.820. The number of nitrogens with zero attached hydrogens (tertiary/aromatic N) is 1. The molecule has 3 nitrogen and oxygen atoms in total. The highest BCUT2D eigenvalue weighted by atomic mass is 79.9. The van der Waals surface area contributed by atoms with E-state index in [1.165, 1.54) is 12.8 Å². The molecule has 0 N–H and O–H groups in total. The Hall–Kier alpha value is -1.03. The van der Waals surface area contributed by atoms with Gasteiger partial charge in [-0.05, 0) is 60.8 Å². The number of methoxy groups -OCH3 is 1. The van der Waals surface area contributed by atoms with Crippen LogP contribution < -0.4 is 4.74 Å². The van der Waals surface area contributed by atoms with Crippen molar-refractivity contribution >= 4 is 21.8 Å². The van der Waals surface area contributed by atoms with Gasteiger partial charge in [0.25, 0.3) is 5.91 Å². The molecule has 1 amide bonds. The van der Waals surface area contributed by atoms with E-state index in [9.17, 15) is 4.79 Å². The molecule has 0 spiro atoms. The third kappa shape index (κ3) is 3.17. The van der Waals surface area contributed by atoms with Gasteiger partial charge in [0.1, 0.15) is 5.75 Å². The standard InChI is InChI=1S/C16H22BrNO2/c1-11(2)18(12-6-4-5-7-12)16(19)14-10-13(20-3)8-9-15(14)17/h8-12H,4-7H2,1-3H3. The molecule has 0 saturated heterocycles.